The maximum Gasteiger partial charge on any atom is 0.251 e. The zero-order valence-corrected chi connectivity index (χ0v) is 9.40. The van der Waals surface area contributed by atoms with Crippen molar-refractivity contribution in [2.45, 2.75) is 13.3 Å². The van der Waals surface area contributed by atoms with Gasteiger partial charge in [0.05, 0.1) is 0 Å². The molecule has 0 atom stereocenters. The molecule has 0 heterocycles. The number of oxime groups is 1. The van der Waals surface area contributed by atoms with Crippen molar-refractivity contribution in [1.29, 1.82) is 0 Å². The summed E-state index contributed by atoms with van der Waals surface area (Å²) in [6.07, 6.45) is 0.233. The largest absolute Gasteiger partial charge is 0.409 e. The van der Waals surface area contributed by atoms with Crippen molar-refractivity contribution in [3.05, 3.63) is 35.1 Å². The van der Waals surface area contributed by atoms with Crippen molar-refractivity contribution in [3.63, 3.8) is 0 Å². The molecule has 0 bridgehead atoms. The summed E-state index contributed by atoms with van der Waals surface area (Å²) in [5.41, 5.74) is 5.96. The molecule has 17 heavy (non-hydrogen) atoms. The van der Waals surface area contributed by atoms with E-state index in [1.54, 1.807) is 6.92 Å². The average molecular weight is 239 g/mol. The van der Waals surface area contributed by atoms with Gasteiger partial charge >= 0.3 is 0 Å². The minimum absolute atomic E-state index is 0.0281. The maximum atomic E-state index is 13.2. The van der Waals surface area contributed by atoms with Gasteiger partial charge in [0, 0.05) is 18.5 Å². The number of amides is 1. The number of nitrogens with zero attached hydrogens (tertiary/aromatic N) is 1. The molecule has 0 aliphatic carbocycles. The molecule has 0 radical (unpaired) electrons. The topological polar surface area (TPSA) is 87.7 Å². The van der Waals surface area contributed by atoms with Gasteiger partial charge in [-0.15, -0.1) is 0 Å². The van der Waals surface area contributed by atoms with Gasteiger partial charge in [0.1, 0.15) is 11.7 Å². The first kappa shape index (κ1) is 13.0. The Balaban J connectivity index is 2.55. The molecule has 0 saturated heterocycles. The van der Waals surface area contributed by atoms with Crippen LogP contribution in [-0.4, -0.2) is 23.5 Å². The van der Waals surface area contributed by atoms with E-state index in [9.17, 15) is 9.18 Å². The molecular formula is C11H14FN3O2. The van der Waals surface area contributed by atoms with Gasteiger partial charge in [0.15, 0.2) is 0 Å². The van der Waals surface area contributed by atoms with Crippen LogP contribution in [0, 0.1) is 12.7 Å². The van der Waals surface area contributed by atoms with Gasteiger partial charge in [-0.25, -0.2) is 4.39 Å². The first-order valence-corrected chi connectivity index (χ1v) is 5.05. The minimum Gasteiger partial charge on any atom is -0.409 e. The fraction of sp³-hybridized carbons (Fsp3) is 0.273. The van der Waals surface area contributed by atoms with E-state index in [1.165, 1.54) is 18.2 Å². The molecule has 1 aromatic rings. The SMILES string of the molecule is Cc1ccc(C(=O)NCCC(N)=NO)cc1F. The zero-order chi connectivity index (χ0) is 12.8. The molecule has 0 aliphatic heterocycles. The molecule has 5 nitrogen and oxygen atoms in total. The van der Waals surface area contributed by atoms with Crippen molar-refractivity contribution in [2.75, 3.05) is 6.54 Å². The Labute approximate surface area is 98.1 Å². The molecule has 1 aromatic carbocycles. The molecule has 0 aliphatic rings. The van der Waals surface area contributed by atoms with Crippen LogP contribution in [-0.2, 0) is 0 Å². The van der Waals surface area contributed by atoms with Crippen LogP contribution in [0.4, 0.5) is 4.39 Å². The number of hydrogen-bond donors (Lipinski definition) is 3. The zero-order valence-electron chi connectivity index (χ0n) is 9.40. The van der Waals surface area contributed by atoms with Crippen molar-refractivity contribution >= 4 is 11.7 Å². The molecule has 4 N–H and O–H groups in total. The lowest BCUT2D eigenvalue weighted by molar-refractivity contribution is 0.0954. The van der Waals surface area contributed by atoms with E-state index >= 15 is 0 Å². The van der Waals surface area contributed by atoms with E-state index in [4.69, 9.17) is 10.9 Å². The summed E-state index contributed by atoms with van der Waals surface area (Å²) in [6.45, 7) is 1.85. The van der Waals surface area contributed by atoms with E-state index in [0.717, 1.165) is 0 Å². The van der Waals surface area contributed by atoms with Gasteiger partial charge in [0.2, 0.25) is 0 Å². The number of benzene rings is 1. The standard InChI is InChI=1S/C11H14FN3O2/c1-7-2-3-8(6-9(7)12)11(16)14-5-4-10(13)15-17/h2-3,6,17H,4-5H2,1H3,(H2,13,15)(H,14,16). The lowest BCUT2D eigenvalue weighted by Crippen LogP contribution is -2.28. The summed E-state index contributed by atoms with van der Waals surface area (Å²) in [5.74, 6) is -0.788. The van der Waals surface area contributed by atoms with Crippen LogP contribution in [0.25, 0.3) is 0 Å². The van der Waals surface area contributed by atoms with E-state index in [0.29, 0.717) is 5.56 Å². The van der Waals surface area contributed by atoms with Gasteiger partial charge < -0.3 is 16.3 Å². The van der Waals surface area contributed by atoms with Crippen LogP contribution in [0.2, 0.25) is 0 Å². The van der Waals surface area contributed by atoms with E-state index < -0.39 is 11.7 Å². The number of amidine groups is 1. The van der Waals surface area contributed by atoms with Gasteiger partial charge in [0.25, 0.3) is 5.91 Å². The van der Waals surface area contributed by atoms with Crippen LogP contribution in [0.5, 0.6) is 0 Å². The van der Waals surface area contributed by atoms with Crippen molar-refractivity contribution in [2.24, 2.45) is 10.9 Å². The van der Waals surface area contributed by atoms with Crippen LogP contribution < -0.4 is 11.1 Å². The van der Waals surface area contributed by atoms with Crippen molar-refractivity contribution in [1.82, 2.24) is 5.32 Å². The summed E-state index contributed by atoms with van der Waals surface area (Å²) >= 11 is 0. The fourth-order valence-corrected chi connectivity index (χ4v) is 1.19. The summed E-state index contributed by atoms with van der Waals surface area (Å²) in [7, 11) is 0. The van der Waals surface area contributed by atoms with Gasteiger partial charge in [-0.3, -0.25) is 4.79 Å². The van der Waals surface area contributed by atoms with Crippen molar-refractivity contribution in [3.8, 4) is 0 Å². The van der Waals surface area contributed by atoms with Crippen LogP contribution >= 0.6 is 0 Å². The molecule has 1 amide bonds. The smallest absolute Gasteiger partial charge is 0.251 e. The molecular weight excluding hydrogens is 225 g/mol. The molecule has 1 rings (SSSR count). The Morgan fingerprint density at radius 2 is 2.29 bits per heavy atom. The minimum atomic E-state index is -0.422. The highest BCUT2D eigenvalue weighted by Gasteiger charge is 2.07. The quantitative estimate of drug-likeness (QED) is 0.317. The predicted molar refractivity (Wildman–Crippen MR) is 61.5 cm³/mol. The number of nitrogens with two attached hydrogens (primary N) is 1. The second-order valence-electron chi connectivity index (χ2n) is 3.56. The number of halogens is 1. The Morgan fingerprint density at radius 3 is 2.88 bits per heavy atom. The van der Waals surface area contributed by atoms with Crippen molar-refractivity contribution < 1.29 is 14.4 Å². The monoisotopic (exact) mass is 239 g/mol. The second-order valence-corrected chi connectivity index (χ2v) is 3.56. The lowest BCUT2D eigenvalue weighted by Gasteiger charge is -2.05. The molecule has 0 unspecified atom stereocenters. The molecule has 0 spiro atoms. The summed E-state index contributed by atoms with van der Waals surface area (Å²) in [4.78, 5) is 11.6. The highest BCUT2D eigenvalue weighted by molar-refractivity contribution is 5.94. The number of rotatable bonds is 4. The summed E-state index contributed by atoms with van der Waals surface area (Å²) in [5, 5.41) is 13.6. The average Bonchev–Trinajstić information content (AvgIpc) is 2.32. The Bertz CT molecular complexity index is 446. The van der Waals surface area contributed by atoms with E-state index in [2.05, 4.69) is 10.5 Å². The summed E-state index contributed by atoms with van der Waals surface area (Å²) < 4.78 is 13.2. The third-order valence-electron chi connectivity index (χ3n) is 2.23. The number of carbonyl (C=O) groups excluding carboxylic acids is 1. The predicted octanol–water partition coefficient (Wildman–Crippen LogP) is 1.00. The van der Waals surface area contributed by atoms with E-state index in [1.807, 2.05) is 0 Å². The summed E-state index contributed by atoms with van der Waals surface area (Å²) in [6, 6.07) is 4.25. The number of nitrogens with one attached hydrogen (secondary N) is 1. The van der Waals surface area contributed by atoms with Gasteiger partial charge in [-0.1, -0.05) is 11.2 Å². The molecule has 6 heteroatoms. The van der Waals surface area contributed by atoms with Crippen LogP contribution in [0.1, 0.15) is 22.3 Å². The fourth-order valence-electron chi connectivity index (χ4n) is 1.19. The third-order valence-corrected chi connectivity index (χ3v) is 2.23. The second kappa shape index (κ2) is 5.83. The molecule has 92 valence electrons. The van der Waals surface area contributed by atoms with Crippen LogP contribution in [0.15, 0.2) is 23.4 Å². The van der Waals surface area contributed by atoms with E-state index in [-0.39, 0.29) is 24.4 Å². The number of aryl methyl sites for hydroxylation is 1. The Hall–Kier alpha value is -2.11. The molecule has 0 aromatic heterocycles. The number of hydrogen-bond acceptors (Lipinski definition) is 3. The third kappa shape index (κ3) is 3.75. The maximum absolute atomic E-state index is 13.2. The molecule has 0 fully saturated rings. The lowest BCUT2D eigenvalue weighted by atomic mass is 10.1. The normalized spacial score (nSPS) is 11.3. The highest BCUT2D eigenvalue weighted by atomic mass is 19.1. The van der Waals surface area contributed by atoms with Gasteiger partial charge in [-0.05, 0) is 24.6 Å². The number of carbonyl (C=O) groups is 1. The van der Waals surface area contributed by atoms with Crippen LogP contribution in [0.3, 0.4) is 0 Å². The molecule has 0 saturated carbocycles. The highest BCUT2D eigenvalue weighted by Crippen LogP contribution is 2.08. The Morgan fingerprint density at radius 1 is 1.59 bits per heavy atom. The van der Waals surface area contributed by atoms with Gasteiger partial charge in [-0.2, -0.15) is 0 Å². The Kier molecular flexibility index (Phi) is 4.45. The first-order chi connectivity index (χ1) is 8.04. The first-order valence-electron chi connectivity index (χ1n) is 5.05.